The molecule has 156 valence electrons. The quantitative estimate of drug-likeness (QED) is 0.309. The highest BCUT2D eigenvalue weighted by atomic mass is 31.2. The molecule has 0 bridgehead atoms. The third-order valence-electron chi connectivity index (χ3n) is 4.18. The van der Waals surface area contributed by atoms with Crippen LogP contribution in [0.25, 0.3) is 11.2 Å². The number of fused-ring (bicyclic) bond motifs is 1. The van der Waals surface area contributed by atoms with Gasteiger partial charge >= 0.3 is 7.60 Å². The largest absolute Gasteiger partial charge is 0.504 e. The minimum Gasteiger partial charge on any atom is -0.504 e. The second-order valence-corrected chi connectivity index (χ2v) is 8.30. The predicted octanol–water partition coefficient (Wildman–Crippen LogP) is 1.41. The number of hydrogen-bond acceptors (Lipinski definition) is 8. The molecule has 0 amide bonds. The van der Waals surface area contributed by atoms with Crippen molar-refractivity contribution in [2.75, 3.05) is 18.3 Å². The van der Waals surface area contributed by atoms with Crippen molar-refractivity contribution in [1.82, 2.24) is 19.5 Å². The summed E-state index contributed by atoms with van der Waals surface area (Å²) in [6, 6.07) is 4.59. The molecule has 3 rings (SSSR count). The molecule has 1 unspecified atom stereocenters. The van der Waals surface area contributed by atoms with Crippen molar-refractivity contribution in [1.29, 1.82) is 0 Å². The van der Waals surface area contributed by atoms with E-state index in [1.807, 2.05) is 11.9 Å². The first kappa shape index (κ1) is 21.0. The summed E-state index contributed by atoms with van der Waals surface area (Å²) < 4.78 is 17.9. The van der Waals surface area contributed by atoms with E-state index >= 15 is 0 Å². The zero-order valence-corrected chi connectivity index (χ0v) is 16.8. The van der Waals surface area contributed by atoms with Gasteiger partial charge in [0.05, 0.1) is 19.0 Å². The van der Waals surface area contributed by atoms with Gasteiger partial charge in [0.25, 0.3) is 0 Å². The summed E-state index contributed by atoms with van der Waals surface area (Å²) in [6.07, 6.45) is 1.86. The molecule has 2 heterocycles. The fraction of sp³-hybridized carbons (Fsp3) is 0.353. The summed E-state index contributed by atoms with van der Waals surface area (Å²) in [5, 5.41) is 19.1. The molecule has 29 heavy (non-hydrogen) atoms. The van der Waals surface area contributed by atoms with E-state index in [9.17, 15) is 14.8 Å². The van der Waals surface area contributed by atoms with E-state index in [1.54, 1.807) is 23.9 Å². The van der Waals surface area contributed by atoms with E-state index in [-0.39, 0.29) is 11.5 Å². The minimum absolute atomic E-state index is 0.185. The number of anilines is 1. The van der Waals surface area contributed by atoms with E-state index in [4.69, 9.17) is 14.5 Å². The molecule has 4 N–H and O–H groups in total. The molecule has 0 saturated carbocycles. The van der Waals surface area contributed by atoms with E-state index in [1.165, 1.54) is 18.5 Å². The minimum atomic E-state index is -4.23. The Kier molecular flexibility index (Phi) is 6.04. The normalized spacial score (nSPS) is 13.0. The summed E-state index contributed by atoms with van der Waals surface area (Å²) in [5.74, 6) is 0.192. The zero-order chi connectivity index (χ0) is 21.2. The Morgan fingerprint density at radius 3 is 2.66 bits per heavy atom. The van der Waals surface area contributed by atoms with Crippen LogP contribution in [0.15, 0.2) is 30.9 Å². The number of phenolic OH excluding ortho intramolecular Hbond substituents is 2. The maximum absolute atomic E-state index is 11.0. The monoisotopic (exact) mass is 423 g/mol. The molecule has 11 nitrogen and oxygen atoms in total. The molecule has 0 aliphatic carbocycles. The molecule has 0 fully saturated rings. The Morgan fingerprint density at radius 1 is 1.21 bits per heavy atom. The molecule has 0 aliphatic rings. The van der Waals surface area contributed by atoms with Crippen molar-refractivity contribution < 1.29 is 29.3 Å². The Bertz CT molecular complexity index is 1050. The van der Waals surface area contributed by atoms with Crippen LogP contribution in [0.2, 0.25) is 0 Å². The van der Waals surface area contributed by atoms with E-state index in [0.29, 0.717) is 30.1 Å². The lowest BCUT2D eigenvalue weighted by Gasteiger charge is -2.19. The van der Waals surface area contributed by atoms with Gasteiger partial charge in [-0.15, -0.1) is 0 Å². The number of hydrogen-bond donors (Lipinski definition) is 4. The molecule has 0 radical (unpaired) electrons. The first-order chi connectivity index (χ1) is 13.6. The van der Waals surface area contributed by atoms with Crippen molar-refractivity contribution in [3.63, 3.8) is 0 Å². The summed E-state index contributed by atoms with van der Waals surface area (Å²) in [6.45, 7) is 2.42. The molecular weight excluding hydrogens is 401 g/mol. The third kappa shape index (κ3) is 5.21. The van der Waals surface area contributed by atoms with Gasteiger partial charge in [0.1, 0.15) is 12.7 Å². The lowest BCUT2D eigenvalue weighted by Crippen LogP contribution is -2.19. The highest BCUT2D eigenvalue weighted by Gasteiger charge is 2.18. The number of nitrogens with zero attached hydrogens (tertiary/aromatic N) is 5. The number of aromatic hydroxyl groups is 2. The molecule has 1 aromatic carbocycles. The van der Waals surface area contributed by atoms with Crippen molar-refractivity contribution in [2.24, 2.45) is 0 Å². The molecule has 0 aliphatic heterocycles. The number of benzene rings is 1. The molecular formula is C17H22N5O6P. The fourth-order valence-corrected chi connectivity index (χ4v) is 3.30. The highest BCUT2D eigenvalue weighted by molar-refractivity contribution is 7.51. The lowest BCUT2D eigenvalue weighted by molar-refractivity contribution is 0.0764. The van der Waals surface area contributed by atoms with Gasteiger partial charge in [-0.05, 0) is 24.6 Å². The topological polar surface area (TPSA) is 154 Å². The number of phenols is 2. The van der Waals surface area contributed by atoms with Crippen LogP contribution in [0.5, 0.6) is 11.5 Å². The smallest absolute Gasteiger partial charge is 0.350 e. The Morgan fingerprint density at radius 2 is 1.97 bits per heavy atom. The first-order valence-corrected chi connectivity index (χ1v) is 10.5. The number of imidazole rings is 1. The Labute approximate surface area is 166 Å². The summed E-state index contributed by atoms with van der Waals surface area (Å²) in [7, 11) is -2.42. The number of rotatable bonds is 8. The average Bonchev–Trinajstić information content (AvgIpc) is 3.05. The van der Waals surface area contributed by atoms with Crippen LogP contribution < -0.4 is 4.90 Å². The predicted molar refractivity (Wildman–Crippen MR) is 105 cm³/mol. The number of ether oxygens (including phenoxy) is 1. The third-order valence-corrected chi connectivity index (χ3v) is 4.67. The van der Waals surface area contributed by atoms with Crippen molar-refractivity contribution in [3.8, 4) is 11.5 Å². The summed E-state index contributed by atoms with van der Waals surface area (Å²) in [5.41, 5.74) is 1.88. The van der Waals surface area contributed by atoms with Gasteiger partial charge in [-0.3, -0.25) is 4.57 Å². The van der Waals surface area contributed by atoms with E-state index < -0.39 is 20.0 Å². The second kappa shape index (κ2) is 8.34. The van der Waals surface area contributed by atoms with Crippen molar-refractivity contribution in [2.45, 2.75) is 26.1 Å². The van der Waals surface area contributed by atoms with Crippen LogP contribution in [-0.4, -0.2) is 59.0 Å². The van der Waals surface area contributed by atoms with Crippen LogP contribution in [0.1, 0.15) is 12.5 Å². The Hall–Kier alpha value is -2.72. The lowest BCUT2D eigenvalue weighted by atomic mass is 10.2. The maximum Gasteiger partial charge on any atom is 0.350 e. The van der Waals surface area contributed by atoms with Gasteiger partial charge in [-0.2, -0.15) is 0 Å². The number of aromatic nitrogens is 4. The van der Waals surface area contributed by atoms with Gasteiger partial charge in [-0.1, -0.05) is 6.07 Å². The van der Waals surface area contributed by atoms with Crippen LogP contribution in [0.3, 0.4) is 0 Å². The van der Waals surface area contributed by atoms with Crippen LogP contribution >= 0.6 is 7.60 Å². The first-order valence-electron chi connectivity index (χ1n) is 8.68. The summed E-state index contributed by atoms with van der Waals surface area (Å²) >= 11 is 0. The average molecular weight is 423 g/mol. The molecule has 0 saturated heterocycles. The van der Waals surface area contributed by atoms with Crippen LogP contribution in [-0.2, 0) is 22.4 Å². The maximum atomic E-state index is 11.0. The molecule has 1 atom stereocenters. The summed E-state index contributed by atoms with van der Waals surface area (Å²) in [4.78, 5) is 32.6. The molecule has 3 aromatic rings. The van der Waals surface area contributed by atoms with Gasteiger partial charge in [-0.25, -0.2) is 15.0 Å². The fourth-order valence-electron chi connectivity index (χ4n) is 2.85. The molecule has 2 aromatic heterocycles. The van der Waals surface area contributed by atoms with Gasteiger partial charge in [0.2, 0.25) is 0 Å². The van der Waals surface area contributed by atoms with Gasteiger partial charge < -0.3 is 34.2 Å². The van der Waals surface area contributed by atoms with Gasteiger partial charge in [0.15, 0.2) is 28.5 Å². The zero-order valence-electron chi connectivity index (χ0n) is 15.9. The molecule has 12 heteroatoms. The SMILES string of the molecule is CC(Cn1cnc2c(N(C)Cc3ccc(O)c(O)c3)ncnc21)OCP(=O)(O)O. The van der Waals surface area contributed by atoms with Crippen molar-refractivity contribution >= 4 is 24.6 Å². The van der Waals surface area contributed by atoms with Crippen molar-refractivity contribution in [3.05, 3.63) is 36.4 Å². The molecule has 0 spiro atoms. The highest BCUT2D eigenvalue weighted by Crippen LogP contribution is 2.34. The van der Waals surface area contributed by atoms with E-state index in [2.05, 4.69) is 15.0 Å². The standard InChI is InChI=1S/C17H22N5O6P/c1-11(28-10-29(25,26)27)6-22-9-20-15-16(18-8-19-17(15)22)21(2)7-12-3-4-13(23)14(24)5-12/h3-5,8-9,11,23-24H,6-7,10H2,1-2H3,(H2,25,26,27). The van der Waals surface area contributed by atoms with Gasteiger partial charge in [0, 0.05) is 13.6 Å². The Balaban J connectivity index is 1.78. The van der Waals surface area contributed by atoms with E-state index in [0.717, 1.165) is 5.56 Å². The second-order valence-electron chi connectivity index (χ2n) is 6.72. The van der Waals surface area contributed by atoms with Crippen LogP contribution in [0.4, 0.5) is 5.82 Å². The van der Waals surface area contributed by atoms with Crippen LogP contribution in [0, 0.1) is 0 Å².